The number of piperidine rings is 2. The van der Waals surface area contributed by atoms with E-state index in [1.807, 2.05) is 18.2 Å². The molecule has 2 saturated heterocycles. The van der Waals surface area contributed by atoms with Gasteiger partial charge in [-0.3, -0.25) is 29.4 Å². The molecule has 2 N–H and O–H groups in total. The van der Waals surface area contributed by atoms with Crippen molar-refractivity contribution in [2.45, 2.75) is 38.1 Å². The molecule has 180 valence electrons. The first kappa shape index (κ1) is 22.8. The van der Waals surface area contributed by atoms with Crippen molar-refractivity contribution in [3.8, 4) is 0 Å². The molecule has 9 heteroatoms. The predicted octanol–water partition coefficient (Wildman–Crippen LogP) is 2.25. The molecule has 0 aliphatic carbocycles. The van der Waals surface area contributed by atoms with Crippen LogP contribution >= 0.6 is 0 Å². The highest BCUT2D eigenvalue weighted by Gasteiger charge is 2.46. The molecule has 0 aromatic heterocycles. The average molecular weight is 476 g/mol. The Hall–Kier alpha value is -4.01. The van der Waals surface area contributed by atoms with Crippen LogP contribution in [0, 0.1) is 5.92 Å². The Morgan fingerprint density at radius 3 is 2.31 bits per heavy atom. The van der Waals surface area contributed by atoms with Crippen LogP contribution in [0.1, 0.15) is 62.3 Å². The molecule has 3 aliphatic heterocycles. The van der Waals surface area contributed by atoms with Gasteiger partial charge in [0.1, 0.15) is 6.04 Å². The number of hydrogen-bond donors (Lipinski definition) is 2. The van der Waals surface area contributed by atoms with Crippen LogP contribution in [0.4, 0.5) is 5.69 Å². The summed E-state index contributed by atoms with van der Waals surface area (Å²) in [6, 6.07) is 11.2. The largest absolute Gasteiger partial charge is 0.478 e. The normalized spacial score (nSPS) is 20.7. The van der Waals surface area contributed by atoms with Gasteiger partial charge in [-0.1, -0.05) is 18.2 Å². The number of nitrogens with zero attached hydrogens (tertiary/aromatic N) is 2. The maximum atomic E-state index is 13.3. The second-order valence-corrected chi connectivity index (χ2v) is 9.28. The number of aromatic carboxylic acids is 1. The summed E-state index contributed by atoms with van der Waals surface area (Å²) in [5, 5.41) is 11.3. The van der Waals surface area contributed by atoms with Gasteiger partial charge in [-0.2, -0.15) is 0 Å². The first-order chi connectivity index (χ1) is 16.8. The number of carboxylic acids is 1. The summed E-state index contributed by atoms with van der Waals surface area (Å²) in [6.45, 7) is 1.43. The molecule has 2 aromatic rings. The second kappa shape index (κ2) is 8.98. The fourth-order valence-corrected chi connectivity index (χ4v) is 5.26. The summed E-state index contributed by atoms with van der Waals surface area (Å²) in [5.74, 6) is -2.52. The van der Waals surface area contributed by atoms with E-state index in [9.17, 15) is 24.0 Å². The number of rotatable bonds is 5. The minimum atomic E-state index is -0.980. The van der Waals surface area contributed by atoms with E-state index in [1.165, 1.54) is 0 Å². The lowest BCUT2D eigenvalue weighted by Crippen LogP contribution is -2.54. The number of imide groups is 2. The summed E-state index contributed by atoms with van der Waals surface area (Å²) in [5.41, 5.74) is 2.67. The van der Waals surface area contributed by atoms with E-state index in [1.54, 1.807) is 24.3 Å². The maximum Gasteiger partial charge on any atom is 0.335 e. The molecule has 4 amide bonds. The van der Waals surface area contributed by atoms with Crippen LogP contribution in [-0.2, 0) is 16.0 Å². The number of amides is 4. The fraction of sp³-hybridized carbons (Fsp3) is 0.346. The molecular formula is C26H25N3O6. The predicted molar refractivity (Wildman–Crippen MR) is 125 cm³/mol. The zero-order chi connectivity index (χ0) is 24.7. The number of hydrogen-bond acceptors (Lipinski definition) is 6. The van der Waals surface area contributed by atoms with Crippen LogP contribution in [0.5, 0.6) is 0 Å². The van der Waals surface area contributed by atoms with Crippen molar-refractivity contribution in [3.05, 3.63) is 64.7 Å². The first-order valence-corrected chi connectivity index (χ1v) is 11.7. The van der Waals surface area contributed by atoms with Crippen LogP contribution in [0.15, 0.2) is 42.5 Å². The van der Waals surface area contributed by atoms with E-state index in [4.69, 9.17) is 5.11 Å². The smallest absolute Gasteiger partial charge is 0.335 e. The van der Waals surface area contributed by atoms with Crippen LogP contribution in [-0.4, -0.2) is 58.7 Å². The maximum absolute atomic E-state index is 13.3. The second-order valence-electron chi connectivity index (χ2n) is 9.28. The lowest BCUT2D eigenvalue weighted by molar-refractivity contribution is -0.136. The van der Waals surface area contributed by atoms with Crippen LogP contribution in [0.25, 0.3) is 0 Å². The van der Waals surface area contributed by atoms with E-state index in [-0.39, 0.29) is 24.0 Å². The number of nitrogens with one attached hydrogen (secondary N) is 1. The molecular weight excluding hydrogens is 450 g/mol. The number of carbonyl (C=O) groups excluding carboxylic acids is 4. The highest BCUT2D eigenvalue weighted by molar-refractivity contribution is 6.25. The van der Waals surface area contributed by atoms with Gasteiger partial charge in [0.05, 0.1) is 22.4 Å². The molecule has 2 aromatic carbocycles. The standard InChI is InChI=1S/C26H25N3O6/c30-21-9-8-20(23(31)27-21)29-24(32)18-2-1-3-19(22(18)25(29)33)28-12-10-16(11-13-28)14-15-4-6-17(7-5-15)26(34)35/h1-7,16,20H,8-14H2,(H,34,35)(H,27,30,31). The number of benzene rings is 2. The van der Waals surface area contributed by atoms with Gasteiger partial charge in [0, 0.05) is 19.5 Å². The SMILES string of the molecule is O=C1CCC(N2C(=O)c3cccc(N4CCC(Cc5ccc(C(=O)O)cc5)CC4)c3C2=O)C(=O)N1. The molecule has 1 unspecified atom stereocenters. The lowest BCUT2D eigenvalue weighted by atomic mass is 9.89. The third-order valence-electron chi connectivity index (χ3n) is 7.13. The third kappa shape index (κ3) is 4.18. The van der Waals surface area contributed by atoms with Gasteiger partial charge in [0.15, 0.2) is 0 Å². The topological polar surface area (TPSA) is 124 Å². The zero-order valence-electron chi connectivity index (χ0n) is 19.0. The molecule has 5 rings (SSSR count). The summed E-state index contributed by atoms with van der Waals surface area (Å²) < 4.78 is 0. The summed E-state index contributed by atoms with van der Waals surface area (Å²) in [4.78, 5) is 64.4. The summed E-state index contributed by atoms with van der Waals surface area (Å²) >= 11 is 0. The molecule has 35 heavy (non-hydrogen) atoms. The van der Waals surface area contributed by atoms with Gasteiger partial charge >= 0.3 is 5.97 Å². The minimum absolute atomic E-state index is 0.0865. The molecule has 9 nitrogen and oxygen atoms in total. The molecule has 0 spiro atoms. The molecule has 2 fully saturated rings. The highest BCUT2D eigenvalue weighted by Crippen LogP contribution is 2.36. The van der Waals surface area contributed by atoms with Crippen LogP contribution < -0.4 is 10.2 Å². The Morgan fingerprint density at radius 2 is 1.66 bits per heavy atom. The first-order valence-electron chi connectivity index (χ1n) is 11.7. The van der Waals surface area contributed by atoms with Gasteiger partial charge < -0.3 is 10.0 Å². The average Bonchev–Trinajstić information content (AvgIpc) is 3.10. The van der Waals surface area contributed by atoms with Crippen molar-refractivity contribution >= 4 is 35.3 Å². The van der Waals surface area contributed by atoms with Crippen molar-refractivity contribution in [2.75, 3.05) is 18.0 Å². The fourth-order valence-electron chi connectivity index (χ4n) is 5.26. The van der Waals surface area contributed by atoms with Crippen LogP contribution in [0.3, 0.4) is 0 Å². The van der Waals surface area contributed by atoms with Crippen molar-refractivity contribution < 1.29 is 29.1 Å². The molecule has 1 atom stereocenters. The van der Waals surface area contributed by atoms with E-state index < -0.39 is 35.6 Å². The number of fused-ring (bicyclic) bond motifs is 1. The Labute approximate surface area is 201 Å². The number of anilines is 1. The Balaban J connectivity index is 1.29. The lowest BCUT2D eigenvalue weighted by Gasteiger charge is -2.34. The Kier molecular flexibility index (Phi) is 5.84. The van der Waals surface area contributed by atoms with Crippen molar-refractivity contribution in [3.63, 3.8) is 0 Å². The summed E-state index contributed by atoms with van der Waals surface area (Å²) in [7, 11) is 0. The quantitative estimate of drug-likeness (QED) is 0.636. The van der Waals surface area contributed by atoms with Gasteiger partial charge in [-0.25, -0.2) is 4.79 Å². The Morgan fingerprint density at radius 1 is 0.943 bits per heavy atom. The monoisotopic (exact) mass is 475 g/mol. The van der Waals surface area contributed by atoms with Gasteiger partial charge in [-0.05, 0) is 61.4 Å². The number of carbonyl (C=O) groups is 5. The van der Waals surface area contributed by atoms with Crippen molar-refractivity contribution in [1.29, 1.82) is 0 Å². The van der Waals surface area contributed by atoms with Gasteiger partial charge in [0.2, 0.25) is 11.8 Å². The molecule has 3 heterocycles. The van der Waals surface area contributed by atoms with E-state index in [2.05, 4.69) is 10.2 Å². The van der Waals surface area contributed by atoms with E-state index >= 15 is 0 Å². The molecule has 0 radical (unpaired) electrons. The highest BCUT2D eigenvalue weighted by atomic mass is 16.4. The summed E-state index contributed by atoms with van der Waals surface area (Å²) in [6.07, 6.45) is 2.85. The molecule has 0 saturated carbocycles. The van der Waals surface area contributed by atoms with Gasteiger partial charge in [-0.15, -0.1) is 0 Å². The minimum Gasteiger partial charge on any atom is -0.478 e. The van der Waals surface area contributed by atoms with E-state index in [0.29, 0.717) is 30.3 Å². The van der Waals surface area contributed by atoms with Crippen molar-refractivity contribution in [1.82, 2.24) is 10.2 Å². The molecule has 3 aliphatic rings. The zero-order valence-corrected chi connectivity index (χ0v) is 19.0. The Bertz CT molecular complexity index is 1230. The van der Waals surface area contributed by atoms with Gasteiger partial charge in [0.25, 0.3) is 11.8 Å². The van der Waals surface area contributed by atoms with Crippen LogP contribution in [0.2, 0.25) is 0 Å². The number of carboxylic acid groups (broad SMARTS) is 1. The van der Waals surface area contributed by atoms with Crippen molar-refractivity contribution in [2.24, 2.45) is 5.92 Å². The molecule has 0 bridgehead atoms. The van der Waals surface area contributed by atoms with E-state index in [0.717, 1.165) is 29.7 Å². The third-order valence-corrected chi connectivity index (χ3v) is 7.13.